The van der Waals surface area contributed by atoms with E-state index >= 15 is 0 Å². The Bertz CT molecular complexity index is 1500. The Morgan fingerprint density at radius 3 is 2.39 bits per heavy atom. The van der Waals surface area contributed by atoms with Gasteiger partial charge in [-0.25, -0.2) is 14.8 Å². The number of hydrogen-bond donors (Lipinski definition) is 0. The number of hydrogen-bond acceptors (Lipinski definition) is 5. The predicted octanol–water partition coefficient (Wildman–Crippen LogP) is 4.73. The van der Waals surface area contributed by atoms with Crippen molar-refractivity contribution in [3.8, 4) is 17.3 Å². The molecule has 0 radical (unpaired) electrons. The van der Waals surface area contributed by atoms with Gasteiger partial charge in [0.2, 0.25) is 5.88 Å². The first-order valence-electron chi connectivity index (χ1n) is 12.5. The first kappa shape index (κ1) is 24.3. The fourth-order valence-electron chi connectivity index (χ4n) is 4.69. The molecule has 4 aromatic rings. The highest BCUT2D eigenvalue weighted by Gasteiger charge is 2.29. The van der Waals surface area contributed by atoms with E-state index in [-0.39, 0.29) is 17.4 Å². The Balaban J connectivity index is 1.67. The van der Waals surface area contributed by atoms with Crippen LogP contribution in [0.25, 0.3) is 22.6 Å². The molecule has 8 nitrogen and oxygen atoms in total. The molecule has 0 aliphatic heterocycles. The molecule has 0 spiro atoms. The predicted molar refractivity (Wildman–Crippen MR) is 141 cm³/mol. The highest BCUT2D eigenvalue weighted by molar-refractivity contribution is 6.30. The van der Waals surface area contributed by atoms with Crippen LogP contribution in [0.2, 0.25) is 5.02 Å². The molecule has 36 heavy (non-hydrogen) atoms. The minimum atomic E-state index is -0.337. The third-order valence-corrected chi connectivity index (χ3v) is 7.19. The number of benzene rings is 1. The smallest absolute Gasteiger partial charge is 0.332 e. The van der Waals surface area contributed by atoms with Crippen LogP contribution in [0.1, 0.15) is 45.6 Å². The second-order valence-corrected chi connectivity index (χ2v) is 9.84. The lowest BCUT2D eigenvalue weighted by Crippen LogP contribution is -2.40. The van der Waals surface area contributed by atoms with Gasteiger partial charge in [-0.3, -0.25) is 13.9 Å². The number of imidazole rings is 1. The van der Waals surface area contributed by atoms with Gasteiger partial charge in [-0.05, 0) is 55.9 Å². The summed E-state index contributed by atoms with van der Waals surface area (Å²) in [5, 5.41) is 0.639. The number of aromatic nitrogens is 5. The van der Waals surface area contributed by atoms with E-state index < -0.39 is 0 Å². The van der Waals surface area contributed by atoms with E-state index in [9.17, 15) is 9.59 Å². The summed E-state index contributed by atoms with van der Waals surface area (Å²) in [6.07, 6.45) is 4.81. The molecule has 1 aliphatic carbocycles. The summed E-state index contributed by atoms with van der Waals surface area (Å²) in [4.78, 5) is 36.1. The Hall–Kier alpha value is -3.39. The Morgan fingerprint density at radius 1 is 1.03 bits per heavy atom. The number of ether oxygens (including phenoxy) is 1. The van der Waals surface area contributed by atoms with Gasteiger partial charge >= 0.3 is 5.69 Å². The summed E-state index contributed by atoms with van der Waals surface area (Å²) >= 11 is 6.10. The molecular formula is C27H30ClN5O3. The summed E-state index contributed by atoms with van der Waals surface area (Å²) in [6, 6.07) is 11.2. The zero-order valence-corrected chi connectivity index (χ0v) is 21.5. The standard InChI is InChI=1S/C27H30ClN5O3/c1-4-14-32-26(34)23-25(31(5-2)27(32)35)30-24(33(23)16-18-7-10-20(28)11-8-18)19-9-13-22(29-15-19)36-21-12-6-17(21)3/h7-11,13,15,17,21H,4-6,12,14,16H2,1-3H3. The van der Waals surface area contributed by atoms with Crippen LogP contribution >= 0.6 is 11.6 Å². The topological polar surface area (TPSA) is 83.9 Å². The van der Waals surface area contributed by atoms with E-state index in [1.54, 1.807) is 10.8 Å². The lowest BCUT2D eigenvalue weighted by Gasteiger charge is -2.33. The number of nitrogens with zero attached hydrogens (tertiary/aromatic N) is 5. The van der Waals surface area contributed by atoms with Crippen LogP contribution in [0.3, 0.4) is 0 Å². The molecular weight excluding hydrogens is 478 g/mol. The van der Waals surface area contributed by atoms with Crippen molar-refractivity contribution < 1.29 is 4.74 Å². The minimum absolute atomic E-state index is 0.203. The average Bonchev–Trinajstić information content (AvgIpc) is 3.25. The zero-order chi connectivity index (χ0) is 25.4. The summed E-state index contributed by atoms with van der Waals surface area (Å²) in [5.74, 6) is 1.68. The Labute approximate surface area is 214 Å². The molecule has 0 N–H and O–H groups in total. The molecule has 1 saturated carbocycles. The highest BCUT2D eigenvalue weighted by atomic mass is 35.5. The van der Waals surface area contributed by atoms with Crippen LogP contribution in [0.4, 0.5) is 0 Å². The molecule has 3 aromatic heterocycles. The number of pyridine rings is 1. The Morgan fingerprint density at radius 2 is 1.81 bits per heavy atom. The maximum atomic E-state index is 13.6. The molecule has 188 valence electrons. The number of fused-ring (bicyclic) bond motifs is 1. The first-order chi connectivity index (χ1) is 17.4. The van der Waals surface area contributed by atoms with E-state index in [1.807, 2.05) is 54.8 Å². The van der Waals surface area contributed by atoms with Gasteiger partial charge in [-0.1, -0.05) is 37.6 Å². The summed E-state index contributed by atoms with van der Waals surface area (Å²) in [6.45, 7) is 7.16. The molecule has 2 unspecified atom stereocenters. The molecule has 2 atom stereocenters. The van der Waals surface area contributed by atoms with Crippen molar-refractivity contribution in [2.24, 2.45) is 5.92 Å². The Kier molecular flexibility index (Phi) is 6.71. The second-order valence-electron chi connectivity index (χ2n) is 9.40. The fraction of sp³-hybridized carbons (Fsp3) is 0.407. The quantitative estimate of drug-likeness (QED) is 0.344. The lowest BCUT2D eigenvalue weighted by atomic mass is 9.84. The monoisotopic (exact) mass is 507 g/mol. The van der Waals surface area contributed by atoms with Crippen molar-refractivity contribution in [3.05, 3.63) is 74.0 Å². The largest absolute Gasteiger partial charge is 0.474 e. The molecule has 1 aromatic carbocycles. The first-order valence-corrected chi connectivity index (χ1v) is 12.9. The van der Waals surface area contributed by atoms with E-state index in [1.165, 1.54) is 11.0 Å². The third kappa shape index (κ3) is 4.34. The molecule has 0 bridgehead atoms. The second kappa shape index (κ2) is 9.93. The van der Waals surface area contributed by atoms with Crippen molar-refractivity contribution in [2.45, 2.75) is 65.8 Å². The van der Waals surface area contributed by atoms with Crippen LogP contribution in [-0.2, 0) is 19.6 Å². The van der Waals surface area contributed by atoms with Crippen molar-refractivity contribution in [3.63, 3.8) is 0 Å². The maximum absolute atomic E-state index is 13.6. The van der Waals surface area contributed by atoms with Gasteiger partial charge in [0.15, 0.2) is 11.2 Å². The summed E-state index contributed by atoms with van der Waals surface area (Å²) in [7, 11) is 0. The van der Waals surface area contributed by atoms with E-state index in [4.69, 9.17) is 21.3 Å². The average molecular weight is 508 g/mol. The maximum Gasteiger partial charge on any atom is 0.332 e. The van der Waals surface area contributed by atoms with Gasteiger partial charge < -0.3 is 9.30 Å². The van der Waals surface area contributed by atoms with Crippen molar-refractivity contribution in [1.82, 2.24) is 23.7 Å². The van der Waals surface area contributed by atoms with Crippen LogP contribution in [-0.4, -0.2) is 29.8 Å². The van der Waals surface area contributed by atoms with Gasteiger partial charge in [0, 0.05) is 42.5 Å². The third-order valence-electron chi connectivity index (χ3n) is 6.94. The van der Waals surface area contributed by atoms with Crippen LogP contribution in [0.15, 0.2) is 52.2 Å². The molecule has 9 heteroatoms. The van der Waals surface area contributed by atoms with E-state index in [0.717, 1.165) is 17.5 Å². The van der Waals surface area contributed by atoms with Gasteiger partial charge in [0.05, 0.1) is 0 Å². The molecule has 0 saturated heterocycles. The summed E-state index contributed by atoms with van der Waals surface area (Å²) < 4.78 is 10.8. The molecule has 5 rings (SSSR count). The molecule has 3 heterocycles. The fourth-order valence-corrected chi connectivity index (χ4v) is 4.82. The van der Waals surface area contributed by atoms with Gasteiger partial charge in [-0.15, -0.1) is 0 Å². The van der Waals surface area contributed by atoms with E-state index in [2.05, 4.69) is 11.9 Å². The summed E-state index contributed by atoms with van der Waals surface area (Å²) in [5.41, 5.74) is 1.82. The number of aryl methyl sites for hydroxylation is 1. The lowest BCUT2D eigenvalue weighted by molar-refractivity contribution is 0.0535. The minimum Gasteiger partial charge on any atom is -0.474 e. The van der Waals surface area contributed by atoms with Crippen LogP contribution in [0, 0.1) is 5.92 Å². The van der Waals surface area contributed by atoms with E-state index in [0.29, 0.717) is 59.9 Å². The highest BCUT2D eigenvalue weighted by Crippen LogP contribution is 2.31. The van der Waals surface area contributed by atoms with Gasteiger partial charge in [-0.2, -0.15) is 0 Å². The number of halogens is 1. The van der Waals surface area contributed by atoms with Crippen molar-refractivity contribution in [1.29, 1.82) is 0 Å². The van der Waals surface area contributed by atoms with Crippen molar-refractivity contribution >= 4 is 22.8 Å². The van der Waals surface area contributed by atoms with Crippen molar-refractivity contribution in [2.75, 3.05) is 0 Å². The zero-order valence-electron chi connectivity index (χ0n) is 20.8. The SMILES string of the molecule is CCCn1c(=O)c2c(nc(-c3ccc(OC4CCC4C)nc3)n2Cc2ccc(Cl)cc2)n(CC)c1=O. The molecule has 0 amide bonds. The normalized spacial score (nSPS) is 17.3. The van der Waals surface area contributed by atoms with Gasteiger partial charge in [0.25, 0.3) is 5.56 Å². The molecule has 1 aliphatic rings. The molecule has 1 fully saturated rings. The van der Waals surface area contributed by atoms with Crippen LogP contribution in [0.5, 0.6) is 5.88 Å². The van der Waals surface area contributed by atoms with Gasteiger partial charge in [0.1, 0.15) is 11.9 Å². The number of rotatable bonds is 8. The van der Waals surface area contributed by atoms with Crippen LogP contribution < -0.4 is 16.0 Å².